The van der Waals surface area contributed by atoms with E-state index in [1.54, 1.807) is 10.7 Å². The normalized spacial score (nSPS) is 19.8. The number of nitrogen functional groups attached to an aromatic ring is 1. The van der Waals surface area contributed by atoms with Crippen LogP contribution < -0.4 is 5.73 Å². The Morgan fingerprint density at radius 2 is 1.78 bits per heavy atom. The SMILES string of the molecule is Nc1cc([C@H]2CC[C@H](C(O)CO)CC2)nc2c(-c3ccc(-c4ccccc4)nc3)cnn12. The van der Waals surface area contributed by atoms with Crippen LogP contribution >= 0.6 is 0 Å². The van der Waals surface area contributed by atoms with Crippen molar-refractivity contribution in [2.75, 3.05) is 12.3 Å². The molecular weight excluding hydrogens is 402 g/mol. The lowest BCUT2D eigenvalue weighted by Crippen LogP contribution is -2.28. The zero-order chi connectivity index (χ0) is 22.1. The molecule has 7 nitrogen and oxygen atoms in total. The number of aromatic nitrogens is 4. The molecule has 0 amide bonds. The summed E-state index contributed by atoms with van der Waals surface area (Å²) < 4.78 is 1.67. The highest BCUT2D eigenvalue weighted by Gasteiger charge is 2.28. The first-order valence-electron chi connectivity index (χ1n) is 11.1. The van der Waals surface area contributed by atoms with Crippen LogP contribution in [0, 0.1) is 5.92 Å². The highest BCUT2D eigenvalue weighted by molar-refractivity contribution is 5.78. The quantitative estimate of drug-likeness (QED) is 0.447. The molecule has 1 saturated carbocycles. The van der Waals surface area contributed by atoms with Crippen LogP contribution in [0.25, 0.3) is 28.0 Å². The van der Waals surface area contributed by atoms with E-state index in [4.69, 9.17) is 10.7 Å². The molecule has 4 N–H and O–H groups in total. The van der Waals surface area contributed by atoms with E-state index >= 15 is 0 Å². The van der Waals surface area contributed by atoms with Gasteiger partial charge in [-0.2, -0.15) is 9.61 Å². The predicted octanol–water partition coefficient (Wildman–Crippen LogP) is 3.67. The van der Waals surface area contributed by atoms with E-state index in [1.165, 1.54) is 0 Å². The van der Waals surface area contributed by atoms with E-state index in [0.29, 0.717) is 5.82 Å². The molecule has 1 unspecified atom stereocenters. The third-order valence-corrected chi connectivity index (χ3v) is 6.58. The maximum atomic E-state index is 9.95. The van der Waals surface area contributed by atoms with Crippen molar-refractivity contribution in [3.63, 3.8) is 0 Å². The van der Waals surface area contributed by atoms with Crippen molar-refractivity contribution in [2.24, 2.45) is 5.92 Å². The van der Waals surface area contributed by atoms with Crippen LogP contribution in [0.1, 0.15) is 37.3 Å². The Morgan fingerprint density at radius 3 is 2.47 bits per heavy atom. The third kappa shape index (κ3) is 3.85. The molecule has 1 aromatic carbocycles. The van der Waals surface area contributed by atoms with Gasteiger partial charge in [0.2, 0.25) is 0 Å². The highest BCUT2D eigenvalue weighted by Crippen LogP contribution is 2.37. The van der Waals surface area contributed by atoms with Crippen molar-refractivity contribution in [1.82, 2.24) is 19.6 Å². The minimum absolute atomic E-state index is 0.150. The number of fused-ring (bicyclic) bond motifs is 1. The fourth-order valence-corrected chi connectivity index (χ4v) is 4.70. The third-order valence-electron chi connectivity index (χ3n) is 6.58. The molecule has 4 aromatic rings. The summed E-state index contributed by atoms with van der Waals surface area (Å²) in [7, 11) is 0. The first kappa shape index (κ1) is 20.6. The lowest BCUT2D eigenvalue weighted by atomic mass is 9.78. The molecule has 0 radical (unpaired) electrons. The Balaban J connectivity index is 1.44. The Bertz CT molecular complexity index is 1200. The second kappa shape index (κ2) is 8.68. The second-order valence-electron chi connectivity index (χ2n) is 8.56. The van der Waals surface area contributed by atoms with Gasteiger partial charge >= 0.3 is 0 Å². The zero-order valence-corrected chi connectivity index (χ0v) is 17.8. The van der Waals surface area contributed by atoms with Crippen LogP contribution in [0.4, 0.5) is 5.82 Å². The molecule has 1 fully saturated rings. The smallest absolute Gasteiger partial charge is 0.165 e. The number of aliphatic hydroxyl groups excluding tert-OH is 2. The van der Waals surface area contributed by atoms with Gasteiger partial charge in [0.05, 0.1) is 24.6 Å². The largest absolute Gasteiger partial charge is 0.394 e. The number of benzene rings is 1. The lowest BCUT2D eigenvalue weighted by molar-refractivity contribution is 0.0300. The van der Waals surface area contributed by atoms with Crippen molar-refractivity contribution in [3.05, 3.63) is 66.6 Å². The summed E-state index contributed by atoms with van der Waals surface area (Å²) in [6.07, 6.45) is 6.58. The standard InChI is InChI=1S/C25H27N5O2/c26-24-12-22(17-6-8-18(9-7-17)23(32)15-31)29-25-20(14-28-30(24)25)19-10-11-21(27-13-19)16-4-2-1-3-5-16/h1-5,10-14,17-18,23,31-32H,6-9,15,26H2/t17-,18-,23?. The summed E-state index contributed by atoms with van der Waals surface area (Å²) in [5, 5.41) is 23.6. The van der Waals surface area contributed by atoms with E-state index in [9.17, 15) is 10.2 Å². The van der Waals surface area contributed by atoms with Crippen LogP contribution in [0.15, 0.2) is 60.9 Å². The summed E-state index contributed by atoms with van der Waals surface area (Å²) in [6.45, 7) is -0.178. The van der Waals surface area contributed by atoms with E-state index in [0.717, 1.165) is 59.4 Å². The first-order chi connectivity index (χ1) is 15.6. The number of rotatable bonds is 5. The summed E-state index contributed by atoms with van der Waals surface area (Å²) in [4.78, 5) is 9.59. The first-order valence-corrected chi connectivity index (χ1v) is 11.1. The van der Waals surface area contributed by atoms with Gasteiger partial charge in [0.25, 0.3) is 0 Å². The zero-order valence-electron chi connectivity index (χ0n) is 17.8. The second-order valence-corrected chi connectivity index (χ2v) is 8.56. The molecule has 0 saturated heterocycles. The van der Waals surface area contributed by atoms with Crippen molar-refractivity contribution >= 4 is 11.5 Å². The minimum Gasteiger partial charge on any atom is -0.394 e. The average Bonchev–Trinajstić information content (AvgIpc) is 3.29. The number of hydrogen-bond donors (Lipinski definition) is 3. The van der Waals surface area contributed by atoms with Crippen LogP contribution in [0.5, 0.6) is 0 Å². The van der Waals surface area contributed by atoms with Gasteiger partial charge in [0.1, 0.15) is 5.82 Å². The van der Waals surface area contributed by atoms with Gasteiger partial charge in [-0.15, -0.1) is 0 Å². The molecule has 3 aromatic heterocycles. The van der Waals surface area contributed by atoms with Gasteiger partial charge in [-0.25, -0.2) is 4.98 Å². The number of nitrogens with zero attached hydrogens (tertiary/aromatic N) is 4. The number of hydrogen-bond acceptors (Lipinski definition) is 6. The molecule has 32 heavy (non-hydrogen) atoms. The molecule has 5 rings (SSSR count). The molecule has 0 aliphatic heterocycles. The predicted molar refractivity (Wildman–Crippen MR) is 124 cm³/mol. The molecule has 1 atom stereocenters. The van der Waals surface area contributed by atoms with Crippen LogP contribution in [0.2, 0.25) is 0 Å². The van der Waals surface area contributed by atoms with Crippen molar-refractivity contribution < 1.29 is 10.2 Å². The highest BCUT2D eigenvalue weighted by atomic mass is 16.3. The van der Waals surface area contributed by atoms with E-state index < -0.39 is 6.10 Å². The van der Waals surface area contributed by atoms with E-state index in [2.05, 4.69) is 10.1 Å². The Morgan fingerprint density at radius 1 is 1.00 bits per heavy atom. The Hall–Kier alpha value is -3.29. The fourth-order valence-electron chi connectivity index (χ4n) is 4.70. The number of aliphatic hydroxyl groups is 2. The number of nitrogens with two attached hydrogens (primary N) is 1. The lowest BCUT2D eigenvalue weighted by Gasteiger charge is -2.30. The molecule has 3 heterocycles. The molecule has 1 aliphatic rings. The van der Waals surface area contributed by atoms with Gasteiger partial charge < -0.3 is 15.9 Å². The monoisotopic (exact) mass is 429 g/mol. The van der Waals surface area contributed by atoms with Crippen LogP contribution in [-0.2, 0) is 0 Å². The Labute approximate surface area is 186 Å². The maximum absolute atomic E-state index is 9.95. The van der Waals surface area contributed by atoms with Gasteiger partial charge in [0.15, 0.2) is 5.65 Å². The van der Waals surface area contributed by atoms with Gasteiger partial charge in [-0.05, 0) is 37.7 Å². The topological polar surface area (TPSA) is 110 Å². The molecule has 164 valence electrons. The van der Waals surface area contributed by atoms with E-state index in [1.807, 2.05) is 54.7 Å². The molecule has 1 aliphatic carbocycles. The summed E-state index contributed by atoms with van der Waals surface area (Å²) in [5.74, 6) is 0.991. The summed E-state index contributed by atoms with van der Waals surface area (Å²) in [5.41, 5.74) is 11.8. The Kier molecular flexibility index (Phi) is 5.59. The summed E-state index contributed by atoms with van der Waals surface area (Å²) >= 11 is 0. The van der Waals surface area contributed by atoms with Gasteiger partial charge in [-0.1, -0.05) is 36.4 Å². The van der Waals surface area contributed by atoms with Crippen molar-refractivity contribution in [3.8, 4) is 22.4 Å². The van der Waals surface area contributed by atoms with E-state index in [-0.39, 0.29) is 18.4 Å². The average molecular weight is 430 g/mol. The molecule has 7 heteroatoms. The molecular formula is C25H27N5O2. The van der Waals surface area contributed by atoms with Crippen LogP contribution in [-0.4, -0.2) is 42.5 Å². The number of pyridine rings is 1. The van der Waals surface area contributed by atoms with Crippen molar-refractivity contribution in [2.45, 2.75) is 37.7 Å². The van der Waals surface area contributed by atoms with Crippen LogP contribution in [0.3, 0.4) is 0 Å². The molecule has 0 spiro atoms. The maximum Gasteiger partial charge on any atom is 0.165 e. The van der Waals surface area contributed by atoms with Gasteiger partial charge in [0, 0.05) is 40.6 Å². The summed E-state index contributed by atoms with van der Waals surface area (Å²) in [6, 6.07) is 16.0. The van der Waals surface area contributed by atoms with Gasteiger partial charge in [-0.3, -0.25) is 4.98 Å². The fraction of sp³-hybridized carbons (Fsp3) is 0.320. The minimum atomic E-state index is -0.635. The van der Waals surface area contributed by atoms with Crippen molar-refractivity contribution in [1.29, 1.82) is 0 Å². The number of anilines is 1. The molecule has 0 bridgehead atoms.